The number of para-hydroxylation sites is 1. The molecule has 5 heteroatoms. The second-order valence-corrected chi connectivity index (χ2v) is 7.96. The number of nitrogens with zero attached hydrogens (tertiary/aromatic N) is 1. The van der Waals surface area contributed by atoms with Gasteiger partial charge in [-0.15, -0.1) is 0 Å². The Hall–Kier alpha value is -1.62. The Labute approximate surface area is 138 Å². The zero-order valence-corrected chi connectivity index (χ0v) is 15.0. The number of anilines is 1. The van der Waals surface area contributed by atoms with Crippen LogP contribution in [0.5, 0.6) is 0 Å². The SMILES string of the molecule is Cc1cccc(C(C)(C)C)c1NC(=O)N1CC(C)(C)NC1=S. The largest absolute Gasteiger partial charge is 0.355 e. The first-order chi connectivity index (χ1) is 10.0. The van der Waals surface area contributed by atoms with Gasteiger partial charge >= 0.3 is 6.03 Å². The van der Waals surface area contributed by atoms with E-state index in [0.717, 1.165) is 16.8 Å². The van der Waals surface area contributed by atoms with E-state index in [1.807, 2.05) is 32.9 Å². The van der Waals surface area contributed by atoms with Crippen molar-refractivity contribution in [2.24, 2.45) is 0 Å². The number of thiocarbonyl (C=S) groups is 1. The molecule has 1 aromatic rings. The van der Waals surface area contributed by atoms with E-state index < -0.39 is 0 Å². The molecule has 120 valence electrons. The number of nitrogens with one attached hydrogen (secondary N) is 2. The summed E-state index contributed by atoms with van der Waals surface area (Å²) >= 11 is 5.27. The number of benzene rings is 1. The quantitative estimate of drug-likeness (QED) is 0.774. The third-order valence-corrected chi connectivity index (χ3v) is 4.12. The average molecular weight is 319 g/mol. The summed E-state index contributed by atoms with van der Waals surface area (Å²) < 4.78 is 0. The van der Waals surface area contributed by atoms with Crippen molar-refractivity contribution in [2.75, 3.05) is 11.9 Å². The van der Waals surface area contributed by atoms with Gasteiger partial charge in [0, 0.05) is 5.69 Å². The first kappa shape index (κ1) is 16.7. The molecule has 2 rings (SSSR count). The topological polar surface area (TPSA) is 44.4 Å². The number of amides is 2. The van der Waals surface area contributed by atoms with Crippen molar-refractivity contribution in [3.05, 3.63) is 29.3 Å². The van der Waals surface area contributed by atoms with E-state index in [9.17, 15) is 4.79 Å². The highest BCUT2D eigenvalue weighted by Crippen LogP contribution is 2.32. The molecule has 0 aromatic heterocycles. The maximum atomic E-state index is 12.6. The van der Waals surface area contributed by atoms with Gasteiger partial charge in [-0.25, -0.2) is 4.79 Å². The van der Waals surface area contributed by atoms with E-state index in [4.69, 9.17) is 12.2 Å². The smallest absolute Gasteiger partial charge is 0.328 e. The fourth-order valence-electron chi connectivity index (χ4n) is 2.66. The Bertz CT molecular complexity index is 617. The molecule has 2 N–H and O–H groups in total. The summed E-state index contributed by atoms with van der Waals surface area (Å²) in [6.07, 6.45) is 0. The first-order valence-electron chi connectivity index (χ1n) is 7.52. The highest BCUT2D eigenvalue weighted by molar-refractivity contribution is 7.80. The Morgan fingerprint density at radius 1 is 1.36 bits per heavy atom. The molecule has 0 saturated carbocycles. The molecule has 22 heavy (non-hydrogen) atoms. The van der Waals surface area contributed by atoms with Crippen molar-refractivity contribution in [3.8, 4) is 0 Å². The normalized spacial score (nSPS) is 17.4. The van der Waals surface area contributed by atoms with Gasteiger partial charge in [0.25, 0.3) is 0 Å². The number of hydrogen-bond donors (Lipinski definition) is 2. The maximum absolute atomic E-state index is 12.6. The van der Waals surface area contributed by atoms with Crippen LogP contribution in [-0.2, 0) is 5.41 Å². The van der Waals surface area contributed by atoms with Crippen LogP contribution in [0.2, 0.25) is 0 Å². The lowest BCUT2D eigenvalue weighted by atomic mass is 9.84. The third-order valence-electron chi connectivity index (χ3n) is 3.80. The van der Waals surface area contributed by atoms with Crippen molar-refractivity contribution in [2.45, 2.75) is 52.5 Å². The lowest BCUT2D eigenvalue weighted by Crippen LogP contribution is -2.38. The van der Waals surface area contributed by atoms with E-state index in [-0.39, 0.29) is 17.0 Å². The van der Waals surface area contributed by atoms with Crippen LogP contribution >= 0.6 is 12.2 Å². The molecule has 1 saturated heterocycles. The highest BCUT2D eigenvalue weighted by Gasteiger charge is 2.36. The standard InChI is InChI=1S/C17H25N3OS/c1-11-8-7-9-12(16(2,3)4)13(11)18-14(21)20-10-17(5,6)19-15(20)22/h7-9H,10H2,1-6H3,(H,18,21)(H,19,22). The van der Waals surface area contributed by atoms with Crippen molar-refractivity contribution in [3.63, 3.8) is 0 Å². The van der Waals surface area contributed by atoms with Crippen molar-refractivity contribution in [1.29, 1.82) is 0 Å². The minimum Gasteiger partial charge on any atom is -0.355 e. The van der Waals surface area contributed by atoms with Crippen LogP contribution in [0.25, 0.3) is 0 Å². The van der Waals surface area contributed by atoms with E-state index in [1.165, 1.54) is 0 Å². The fourth-order valence-corrected chi connectivity index (χ4v) is 3.08. The minimum atomic E-state index is -0.187. The summed E-state index contributed by atoms with van der Waals surface area (Å²) in [6, 6.07) is 5.92. The maximum Gasteiger partial charge on any atom is 0.328 e. The molecule has 4 nitrogen and oxygen atoms in total. The summed E-state index contributed by atoms with van der Waals surface area (Å²) in [5, 5.41) is 6.70. The predicted molar refractivity (Wildman–Crippen MR) is 95.4 cm³/mol. The Morgan fingerprint density at radius 2 is 2.00 bits per heavy atom. The predicted octanol–water partition coefficient (Wildman–Crippen LogP) is 3.79. The number of hydrogen-bond acceptors (Lipinski definition) is 2. The highest BCUT2D eigenvalue weighted by atomic mass is 32.1. The lowest BCUT2D eigenvalue weighted by Gasteiger charge is -2.26. The molecule has 1 aromatic carbocycles. The molecule has 0 radical (unpaired) electrons. The minimum absolute atomic E-state index is 0.0440. The molecular formula is C17H25N3OS. The number of urea groups is 1. The Kier molecular flexibility index (Phi) is 4.22. The van der Waals surface area contributed by atoms with Crippen LogP contribution in [0.1, 0.15) is 45.7 Å². The van der Waals surface area contributed by atoms with Crippen LogP contribution in [0, 0.1) is 6.92 Å². The van der Waals surface area contributed by atoms with E-state index in [0.29, 0.717) is 11.7 Å². The van der Waals surface area contributed by atoms with Crippen molar-refractivity contribution in [1.82, 2.24) is 10.2 Å². The molecule has 1 fully saturated rings. The number of aryl methyl sites for hydroxylation is 1. The molecule has 1 aliphatic heterocycles. The molecule has 1 aliphatic rings. The summed E-state index contributed by atoms with van der Waals surface area (Å²) in [4.78, 5) is 14.2. The van der Waals surface area contributed by atoms with Gasteiger partial charge in [0.05, 0.1) is 12.1 Å². The second-order valence-electron chi connectivity index (χ2n) is 7.58. The van der Waals surface area contributed by atoms with E-state index in [2.05, 4.69) is 37.5 Å². The Balaban J connectivity index is 2.28. The fraction of sp³-hybridized carbons (Fsp3) is 0.529. The monoisotopic (exact) mass is 319 g/mol. The van der Waals surface area contributed by atoms with Gasteiger partial charge in [0.2, 0.25) is 0 Å². The van der Waals surface area contributed by atoms with Crippen LogP contribution < -0.4 is 10.6 Å². The van der Waals surface area contributed by atoms with Gasteiger partial charge in [-0.3, -0.25) is 4.90 Å². The van der Waals surface area contributed by atoms with Crippen LogP contribution in [0.4, 0.5) is 10.5 Å². The van der Waals surface area contributed by atoms with Crippen molar-refractivity contribution < 1.29 is 4.79 Å². The van der Waals surface area contributed by atoms with Gasteiger partial charge < -0.3 is 10.6 Å². The lowest BCUT2D eigenvalue weighted by molar-refractivity contribution is 0.233. The molecule has 0 unspecified atom stereocenters. The first-order valence-corrected chi connectivity index (χ1v) is 7.93. The van der Waals surface area contributed by atoms with Crippen LogP contribution in [-0.4, -0.2) is 28.1 Å². The summed E-state index contributed by atoms with van der Waals surface area (Å²) in [5.74, 6) is 0. The summed E-state index contributed by atoms with van der Waals surface area (Å²) in [7, 11) is 0. The molecule has 1 heterocycles. The molecule has 0 spiro atoms. The zero-order valence-electron chi connectivity index (χ0n) is 14.2. The van der Waals surface area contributed by atoms with Gasteiger partial charge in [-0.1, -0.05) is 39.0 Å². The number of carbonyl (C=O) groups is 1. The summed E-state index contributed by atoms with van der Waals surface area (Å²) in [5.41, 5.74) is 2.83. The van der Waals surface area contributed by atoms with Gasteiger partial charge in [-0.05, 0) is 49.5 Å². The molecule has 0 atom stereocenters. The van der Waals surface area contributed by atoms with Gasteiger partial charge in [-0.2, -0.15) is 0 Å². The Morgan fingerprint density at radius 3 is 2.50 bits per heavy atom. The molecule has 2 amide bonds. The molecule has 0 bridgehead atoms. The second kappa shape index (κ2) is 5.54. The number of rotatable bonds is 1. The van der Waals surface area contributed by atoms with Gasteiger partial charge in [0.15, 0.2) is 5.11 Å². The number of carbonyl (C=O) groups excluding carboxylic acids is 1. The average Bonchev–Trinajstić information content (AvgIpc) is 2.64. The van der Waals surface area contributed by atoms with E-state index in [1.54, 1.807) is 4.90 Å². The molecular weight excluding hydrogens is 294 g/mol. The van der Waals surface area contributed by atoms with Crippen molar-refractivity contribution >= 4 is 29.0 Å². The van der Waals surface area contributed by atoms with Crippen LogP contribution in [0.3, 0.4) is 0 Å². The molecule has 0 aliphatic carbocycles. The van der Waals surface area contributed by atoms with Gasteiger partial charge in [0.1, 0.15) is 0 Å². The van der Waals surface area contributed by atoms with Crippen LogP contribution in [0.15, 0.2) is 18.2 Å². The summed E-state index contributed by atoms with van der Waals surface area (Å²) in [6.45, 7) is 13.1. The zero-order chi connectivity index (χ0) is 16.7. The van der Waals surface area contributed by atoms with E-state index >= 15 is 0 Å². The third kappa shape index (κ3) is 3.40.